The standard InChI is InChI=1S/C19H20N4O2/c24-18(13-22-11-9-15-3-1-2-4-17(15)22)20-10-12-23-19(25)8-7-16(21-23)14-5-6-14/h1-4,7-9,11,14H,5-6,10,12-13H2,(H,20,24). The Kier molecular flexibility index (Phi) is 4.09. The Hall–Kier alpha value is -2.89. The molecular formula is C19H20N4O2. The maximum atomic E-state index is 12.2. The van der Waals surface area contributed by atoms with Crippen molar-refractivity contribution in [3.8, 4) is 0 Å². The van der Waals surface area contributed by atoms with Gasteiger partial charge in [0, 0.05) is 30.2 Å². The molecule has 0 unspecified atom stereocenters. The summed E-state index contributed by atoms with van der Waals surface area (Å²) in [5.74, 6) is 0.427. The lowest BCUT2D eigenvalue weighted by molar-refractivity contribution is -0.121. The molecule has 1 saturated carbocycles. The third-order valence-corrected chi connectivity index (χ3v) is 4.52. The Morgan fingerprint density at radius 1 is 1.16 bits per heavy atom. The summed E-state index contributed by atoms with van der Waals surface area (Å²) in [5.41, 5.74) is 1.88. The van der Waals surface area contributed by atoms with Gasteiger partial charge in [-0.2, -0.15) is 5.10 Å². The molecule has 6 nitrogen and oxygen atoms in total. The first-order valence-electron chi connectivity index (χ1n) is 8.59. The summed E-state index contributed by atoms with van der Waals surface area (Å²) in [6.45, 7) is 1.04. The lowest BCUT2D eigenvalue weighted by Crippen LogP contribution is -2.33. The van der Waals surface area contributed by atoms with E-state index in [1.54, 1.807) is 6.07 Å². The third kappa shape index (κ3) is 3.47. The first-order valence-corrected chi connectivity index (χ1v) is 8.59. The molecule has 0 radical (unpaired) electrons. The predicted molar refractivity (Wildman–Crippen MR) is 95.4 cm³/mol. The van der Waals surface area contributed by atoms with Crippen LogP contribution in [0.4, 0.5) is 0 Å². The van der Waals surface area contributed by atoms with E-state index in [0.717, 1.165) is 29.4 Å². The zero-order valence-corrected chi connectivity index (χ0v) is 13.9. The number of benzene rings is 1. The zero-order valence-electron chi connectivity index (χ0n) is 13.9. The van der Waals surface area contributed by atoms with Crippen LogP contribution in [0.5, 0.6) is 0 Å². The van der Waals surface area contributed by atoms with Crippen molar-refractivity contribution in [3.63, 3.8) is 0 Å². The highest BCUT2D eigenvalue weighted by Gasteiger charge is 2.25. The predicted octanol–water partition coefficient (Wildman–Crippen LogP) is 1.89. The van der Waals surface area contributed by atoms with Crippen LogP contribution in [0.25, 0.3) is 10.9 Å². The van der Waals surface area contributed by atoms with Crippen molar-refractivity contribution >= 4 is 16.8 Å². The Morgan fingerprint density at radius 3 is 2.84 bits per heavy atom. The largest absolute Gasteiger partial charge is 0.353 e. The van der Waals surface area contributed by atoms with Gasteiger partial charge in [-0.25, -0.2) is 4.68 Å². The van der Waals surface area contributed by atoms with Crippen molar-refractivity contribution in [1.82, 2.24) is 19.7 Å². The summed E-state index contributed by atoms with van der Waals surface area (Å²) in [7, 11) is 0. The number of hydrogen-bond donors (Lipinski definition) is 1. The lowest BCUT2D eigenvalue weighted by atomic mass is 10.2. The van der Waals surface area contributed by atoms with E-state index in [0.29, 0.717) is 19.0 Å². The number of nitrogens with zero attached hydrogens (tertiary/aromatic N) is 3. The fourth-order valence-electron chi connectivity index (χ4n) is 3.01. The Balaban J connectivity index is 1.35. The average molecular weight is 336 g/mol. The minimum absolute atomic E-state index is 0.0762. The van der Waals surface area contributed by atoms with Crippen LogP contribution in [0.1, 0.15) is 24.5 Å². The van der Waals surface area contributed by atoms with Gasteiger partial charge in [-0.3, -0.25) is 9.59 Å². The molecule has 4 rings (SSSR count). The van der Waals surface area contributed by atoms with Gasteiger partial charge in [-0.1, -0.05) is 18.2 Å². The lowest BCUT2D eigenvalue weighted by Gasteiger charge is -2.09. The summed E-state index contributed by atoms with van der Waals surface area (Å²) < 4.78 is 3.36. The highest BCUT2D eigenvalue weighted by Crippen LogP contribution is 2.38. The van der Waals surface area contributed by atoms with Gasteiger partial charge in [0.15, 0.2) is 0 Å². The second-order valence-electron chi connectivity index (χ2n) is 6.45. The smallest absolute Gasteiger partial charge is 0.266 e. The summed E-state index contributed by atoms with van der Waals surface area (Å²) >= 11 is 0. The van der Waals surface area contributed by atoms with E-state index in [-0.39, 0.29) is 18.0 Å². The van der Waals surface area contributed by atoms with Gasteiger partial charge < -0.3 is 9.88 Å². The van der Waals surface area contributed by atoms with Gasteiger partial charge in [0.2, 0.25) is 5.91 Å². The fourth-order valence-corrected chi connectivity index (χ4v) is 3.01. The van der Waals surface area contributed by atoms with E-state index in [9.17, 15) is 9.59 Å². The maximum absolute atomic E-state index is 12.2. The minimum Gasteiger partial charge on any atom is -0.353 e. The van der Waals surface area contributed by atoms with E-state index in [1.807, 2.05) is 47.2 Å². The number of rotatable bonds is 6. The van der Waals surface area contributed by atoms with Gasteiger partial charge in [0.1, 0.15) is 6.54 Å². The summed E-state index contributed by atoms with van der Waals surface area (Å²) in [4.78, 5) is 24.1. The van der Waals surface area contributed by atoms with Crippen LogP contribution < -0.4 is 10.9 Å². The monoisotopic (exact) mass is 336 g/mol. The number of nitrogens with one attached hydrogen (secondary N) is 1. The number of carbonyl (C=O) groups is 1. The summed E-state index contributed by atoms with van der Waals surface area (Å²) in [6.07, 6.45) is 4.20. The van der Waals surface area contributed by atoms with Crippen molar-refractivity contribution in [3.05, 3.63) is 64.7 Å². The first kappa shape index (κ1) is 15.6. The number of carbonyl (C=O) groups excluding carboxylic acids is 1. The van der Waals surface area contributed by atoms with Crippen molar-refractivity contribution in [2.45, 2.75) is 31.8 Å². The van der Waals surface area contributed by atoms with Crippen LogP contribution in [-0.4, -0.2) is 26.8 Å². The number of fused-ring (bicyclic) bond motifs is 1. The molecule has 1 aliphatic rings. The molecule has 0 atom stereocenters. The van der Waals surface area contributed by atoms with Crippen LogP contribution >= 0.6 is 0 Å². The molecule has 1 aromatic carbocycles. The fraction of sp³-hybridized carbons (Fsp3) is 0.316. The highest BCUT2D eigenvalue weighted by atomic mass is 16.2. The molecule has 0 saturated heterocycles. The van der Waals surface area contributed by atoms with Gasteiger partial charge in [-0.15, -0.1) is 0 Å². The SMILES string of the molecule is O=C(Cn1ccc2ccccc21)NCCn1nc(C2CC2)ccc1=O. The molecule has 0 bridgehead atoms. The quantitative estimate of drug-likeness (QED) is 0.747. The second kappa shape index (κ2) is 6.55. The number of para-hydroxylation sites is 1. The molecule has 3 aromatic rings. The molecule has 1 aliphatic carbocycles. The van der Waals surface area contributed by atoms with Crippen molar-refractivity contribution in [2.75, 3.05) is 6.54 Å². The number of aromatic nitrogens is 3. The molecule has 2 heterocycles. The molecule has 1 N–H and O–H groups in total. The van der Waals surface area contributed by atoms with Crippen molar-refractivity contribution < 1.29 is 4.79 Å². The first-order chi connectivity index (χ1) is 12.2. The van der Waals surface area contributed by atoms with E-state index < -0.39 is 0 Å². The van der Waals surface area contributed by atoms with E-state index in [1.165, 1.54) is 4.68 Å². The van der Waals surface area contributed by atoms with E-state index in [2.05, 4.69) is 10.4 Å². The van der Waals surface area contributed by atoms with Crippen LogP contribution in [-0.2, 0) is 17.9 Å². The average Bonchev–Trinajstić information content (AvgIpc) is 3.39. The number of amides is 1. The van der Waals surface area contributed by atoms with Gasteiger partial charge in [-0.05, 0) is 36.4 Å². The Bertz CT molecular complexity index is 969. The normalized spacial score (nSPS) is 13.9. The molecule has 6 heteroatoms. The Labute approximate surface area is 145 Å². The van der Waals surface area contributed by atoms with Crippen LogP contribution in [0, 0.1) is 0 Å². The van der Waals surface area contributed by atoms with Gasteiger partial charge in [0.05, 0.1) is 12.2 Å². The van der Waals surface area contributed by atoms with Crippen molar-refractivity contribution in [2.24, 2.45) is 0 Å². The highest BCUT2D eigenvalue weighted by molar-refractivity contribution is 5.83. The molecule has 2 aromatic heterocycles. The van der Waals surface area contributed by atoms with E-state index in [4.69, 9.17) is 0 Å². The topological polar surface area (TPSA) is 68.9 Å². The third-order valence-electron chi connectivity index (χ3n) is 4.52. The molecule has 0 spiro atoms. The molecule has 0 aliphatic heterocycles. The maximum Gasteiger partial charge on any atom is 0.266 e. The minimum atomic E-state index is -0.130. The van der Waals surface area contributed by atoms with Crippen LogP contribution in [0.3, 0.4) is 0 Å². The summed E-state index contributed by atoms with van der Waals surface area (Å²) in [6, 6.07) is 13.3. The number of hydrogen-bond acceptors (Lipinski definition) is 3. The zero-order chi connectivity index (χ0) is 17.2. The second-order valence-corrected chi connectivity index (χ2v) is 6.45. The molecule has 25 heavy (non-hydrogen) atoms. The summed E-state index contributed by atoms with van der Waals surface area (Å²) in [5, 5.41) is 8.38. The van der Waals surface area contributed by atoms with E-state index >= 15 is 0 Å². The van der Waals surface area contributed by atoms with Crippen molar-refractivity contribution in [1.29, 1.82) is 0 Å². The van der Waals surface area contributed by atoms with Crippen LogP contribution in [0.2, 0.25) is 0 Å². The molecule has 1 fully saturated rings. The Morgan fingerprint density at radius 2 is 2.00 bits per heavy atom. The molecule has 1 amide bonds. The molecule has 128 valence electrons. The molecular weight excluding hydrogens is 316 g/mol. The van der Waals surface area contributed by atoms with Crippen LogP contribution in [0.15, 0.2) is 53.5 Å². The van der Waals surface area contributed by atoms with Gasteiger partial charge >= 0.3 is 0 Å². The van der Waals surface area contributed by atoms with Gasteiger partial charge in [0.25, 0.3) is 5.56 Å².